The zero-order valence-corrected chi connectivity index (χ0v) is 17.0. The third-order valence-electron chi connectivity index (χ3n) is 6.30. The minimum absolute atomic E-state index is 0.0391. The summed E-state index contributed by atoms with van der Waals surface area (Å²) in [6, 6.07) is 4.87. The van der Waals surface area contributed by atoms with Gasteiger partial charge in [0.2, 0.25) is 0 Å². The number of pyridine rings is 1. The molecular formula is C22H20F3N7. The van der Waals surface area contributed by atoms with Crippen LogP contribution in [0, 0.1) is 11.6 Å². The summed E-state index contributed by atoms with van der Waals surface area (Å²) in [6.45, 7) is 1.82. The van der Waals surface area contributed by atoms with Gasteiger partial charge < -0.3 is 10.2 Å². The first-order chi connectivity index (χ1) is 15.6. The fourth-order valence-corrected chi connectivity index (χ4v) is 4.50. The number of alkyl halides is 1. The van der Waals surface area contributed by atoms with Crippen molar-refractivity contribution in [2.24, 2.45) is 0 Å². The fraction of sp³-hybridized carbons (Fsp3) is 0.318. The van der Waals surface area contributed by atoms with Crippen LogP contribution in [0.5, 0.6) is 0 Å². The van der Waals surface area contributed by atoms with E-state index in [4.69, 9.17) is 0 Å². The summed E-state index contributed by atoms with van der Waals surface area (Å²) in [4.78, 5) is 6.16. The predicted octanol–water partition coefficient (Wildman–Crippen LogP) is 3.53. The van der Waals surface area contributed by atoms with Gasteiger partial charge in [0.05, 0.1) is 30.2 Å². The summed E-state index contributed by atoms with van der Waals surface area (Å²) >= 11 is 0. The van der Waals surface area contributed by atoms with Gasteiger partial charge in [0.25, 0.3) is 0 Å². The first-order valence-corrected chi connectivity index (χ1v) is 10.5. The van der Waals surface area contributed by atoms with Crippen molar-refractivity contribution in [2.75, 3.05) is 24.5 Å². The first-order valence-electron chi connectivity index (χ1n) is 10.5. The number of fused-ring (bicyclic) bond motifs is 1. The van der Waals surface area contributed by atoms with Gasteiger partial charge >= 0.3 is 0 Å². The molecule has 0 spiro atoms. The number of benzene rings is 1. The van der Waals surface area contributed by atoms with Gasteiger partial charge in [-0.1, -0.05) is 0 Å². The van der Waals surface area contributed by atoms with E-state index < -0.39 is 23.8 Å². The second-order valence-corrected chi connectivity index (χ2v) is 8.36. The molecule has 164 valence electrons. The normalized spacial score (nSPS) is 21.4. The number of aromatic nitrogens is 5. The highest BCUT2D eigenvalue weighted by Crippen LogP contribution is 2.40. The molecule has 0 saturated carbocycles. The zero-order valence-electron chi connectivity index (χ0n) is 17.0. The fourth-order valence-electron chi connectivity index (χ4n) is 4.50. The second-order valence-electron chi connectivity index (χ2n) is 8.36. The quantitative estimate of drug-likeness (QED) is 0.509. The topological polar surface area (TPSA) is 74.7 Å². The van der Waals surface area contributed by atoms with Gasteiger partial charge in [-0.15, -0.1) is 0 Å². The third kappa shape index (κ3) is 3.13. The lowest BCUT2D eigenvalue weighted by atomic mass is 10.0. The van der Waals surface area contributed by atoms with Crippen LogP contribution in [0.15, 0.2) is 42.9 Å². The molecule has 3 aromatic heterocycles. The van der Waals surface area contributed by atoms with E-state index in [0.29, 0.717) is 22.9 Å². The lowest BCUT2D eigenvalue weighted by molar-refractivity contribution is 0.318. The number of halogens is 3. The Morgan fingerprint density at radius 3 is 2.75 bits per heavy atom. The predicted molar refractivity (Wildman–Crippen MR) is 113 cm³/mol. The second kappa shape index (κ2) is 7.33. The van der Waals surface area contributed by atoms with Gasteiger partial charge in [0.1, 0.15) is 17.8 Å². The molecule has 2 atom stereocenters. The van der Waals surface area contributed by atoms with Crippen molar-refractivity contribution in [3.63, 3.8) is 0 Å². The number of rotatable bonds is 4. The first kappa shape index (κ1) is 19.3. The Morgan fingerprint density at radius 2 is 1.94 bits per heavy atom. The minimum atomic E-state index is -1.18. The molecule has 0 amide bonds. The maximum atomic E-state index is 14.5. The number of nitrogens with one attached hydrogen (secondary N) is 2. The molecule has 0 radical (unpaired) electrons. The monoisotopic (exact) mass is 439 g/mol. The highest BCUT2D eigenvalue weighted by atomic mass is 19.1. The van der Waals surface area contributed by atoms with Crippen LogP contribution < -0.4 is 10.2 Å². The van der Waals surface area contributed by atoms with Crippen LogP contribution in [0.3, 0.4) is 0 Å². The Kier molecular flexibility index (Phi) is 4.42. The number of hydrogen-bond acceptors (Lipinski definition) is 5. The lowest BCUT2D eigenvalue weighted by Gasteiger charge is -2.27. The van der Waals surface area contributed by atoms with E-state index >= 15 is 0 Å². The van der Waals surface area contributed by atoms with Crippen LogP contribution in [0.2, 0.25) is 0 Å². The molecular weight excluding hydrogens is 419 g/mol. The summed E-state index contributed by atoms with van der Waals surface area (Å²) in [7, 11) is 0. The molecule has 0 unspecified atom stereocenters. The molecule has 7 nitrogen and oxygen atoms in total. The Hall–Kier alpha value is -3.40. The van der Waals surface area contributed by atoms with Crippen molar-refractivity contribution in [1.82, 2.24) is 30.3 Å². The number of nitrogens with zero attached hydrogens (tertiary/aromatic N) is 5. The van der Waals surface area contributed by atoms with Gasteiger partial charge in [-0.25, -0.2) is 18.2 Å². The Bertz CT molecular complexity index is 1300. The van der Waals surface area contributed by atoms with E-state index in [1.807, 2.05) is 16.9 Å². The molecule has 0 aliphatic carbocycles. The average Bonchev–Trinajstić information content (AvgIpc) is 3.46. The minimum Gasteiger partial charge on any atom is -0.344 e. The molecule has 2 N–H and O–H groups in total. The third-order valence-corrected chi connectivity index (χ3v) is 6.30. The molecule has 10 heteroatoms. The van der Waals surface area contributed by atoms with E-state index in [1.165, 1.54) is 0 Å². The van der Waals surface area contributed by atoms with Crippen molar-refractivity contribution in [3.05, 3.63) is 60.1 Å². The molecule has 32 heavy (non-hydrogen) atoms. The van der Waals surface area contributed by atoms with Crippen molar-refractivity contribution < 1.29 is 13.2 Å². The summed E-state index contributed by atoms with van der Waals surface area (Å²) in [5.41, 5.74) is 2.43. The highest BCUT2D eigenvalue weighted by molar-refractivity contribution is 5.91. The lowest BCUT2D eigenvalue weighted by Crippen LogP contribution is -2.43. The molecule has 2 saturated heterocycles. The number of hydrogen-bond donors (Lipinski definition) is 2. The van der Waals surface area contributed by atoms with Crippen molar-refractivity contribution in [2.45, 2.75) is 24.7 Å². The van der Waals surface area contributed by atoms with Crippen molar-refractivity contribution in [3.8, 4) is 11.1 Å². The van der Waals surface area contributed by atoms with Crippen LogP contribution in [0.4, 0.5) is 19.0 Å². The van der Waals surface area contributed by atoms with E-state index in [1.54, 1.807) is 17.3 Å². The molecule has 2 aliphatic rings. The van der Waals surface area contributed by atoms with Gasteiger partial charge in [0.15, 0.2) is 11.5 Å². The summed E-state index contributed by atoms with van der Waals surface area (Å²) in [6.07, 6.45) is 4.38. The molecule has 2 fully saturated rings. The Morgan fingerprint density at radius 1 is 1.06 bits per heavy atom. The largest absolute Gasteiger partial charge is 0.344 e. The van der Waals surface area contributed by atoms with Crippen LogP contribution in [-0.2, 0) is 0 Å². The van der Waals surface area contributed by atoms with Crippen molar-refractivity contribution in [1.29, 1.82) is 0 Å². The molecule has 1 aromatic carbocycles. The van der Waals surface area contributed by atoms with E-state index in [-0.39, 0.29) is 18.5 Å². The Labute approximate surface area is 181 Å². The zero-order chi connectivity index (χ0) is 21.8. The van der Waals surface area contributed by atoms with Crippen molar-refractivity contribution >= 4 is 16.9 Å². The van der Waals surface area contributed by atoms with Gasteiger partial charge in [0, 0.05) is 48.6 Å². The summed E-state index contributed by atoms with van der Waals surface area (Å²) < 4.78 is 44.7. The van der Waals surface area contributed by atoms with Gasteiger partial charge in [-0.3, -0.25) is 9.78 Å². The maximum absolute atomic E-state index is 14.5. The number of aromatic amines is 1. The van der Waals surface area contributed by atoms with E-state index in [9.17, 15) is 13.2 Å². The standard InChI is InChI=1S/C22H20F3N7/c23-14-1-2-19(25)17(4-14)20-5-15(24)11-31(20)22-18-3-12(6-27-21(18)29-30-22)13-7-28-32(10-13)16-8-26-9-16/h1-4,6-7,10,15-16,20,26H,5,8-9,11H2,(H,27,29,30)/t15-,20+/m0/s1. The average molecular weight is 439 g/mol. The number of H-pyrrole nitrogens is 1. The number of anilines is 1. The molecule has 5 heterocycles. The van der Waals surface area contributed by atoms with Crippen LogP contribution in [0.1, 0.15) is 24.1 Å². The summed E-state index contributed by atoms with van der Waals surface area (Å²) in [5.74, 6) is -0.649. The molecule has 2 aliphatic heterocycles. The molecule has 4 aromatic rings. The van der Waals surface area contributed by atoms with E-state index in [0.717, 1.165) is 42.4 Å². The van der Waals surface area contributed by atoms with E-state index in [2.05, 4.69) is 25.6 Å². The molecule has 6 rings (SSSR count). The van der Waals surface area contributed by atoms with Crippen LogP contribution in [-0.4, -0.2) is 50.8 Å². The maximum Gasteiger partial charge on any atom is 0.160 e. The Balaban J connectivity index is 1.39. The summed E-state index contributed by atoms with van der Waals surface area (Å²) in [5, 5.41) is 15.6. The highest BCUT2D eigenvalue weighted by Gasteiger charge is 2.37. The van der Waals surface area contributed by atoms with Crippen LogP contribution in [0.25, 0.3) is 22.2 Å². The van der Waals surface area contributed by atoms with Gasteiger partial charge in [-0.05, 0) is 24.3 Å². The van der Waals surface area contributed by atoms with Crippen LogP contribution >= 0.6 is 0 Å². The molecule has 0 bridgehead atoms. The SMILES string of the molecule is Fc1ccc(F)c([C@H]2C[C@H](F)CN2c2n[nH]c3ncc(-c4cnn(C5CNC5)c4)cc23)c1. The smallest absolute Gasteiger partial charge is 0.160 e. The van der Waals surface area contributed by atoms with Gasteiger partial charge in [-0.2, -0.15) is 10.2 Å².